The molecule has 0 aliphatic rings. The maximum absolute atomic E-state index is 5.86. The average molecular weight is 231 g/mol. The van der Waals surface area contributed by atoms with Crippen molar-refractivity contribution in [3.05, 3.63) is 36.7 Å². The molecule has 0 bridgehead atoms. The van der Waals surface area contributed by atoms with E-state index >= 15 is 0 Å². The molecule has 3 nitrogen and oxygen atoms in total. The van der Waals surface area contributed by atoms with Crippen LogP contribution in [0.3, 0.4) is 0 Å². The van der Waals surface area contributed by atoms with Crippen molar-refractivity contribution in [3.63, 3.8) is 0 Å². The second-order valence-corrected chi connectivity index (χ2v) is 5.26. The van der Waals surface area contributed by atoms with Crippen molar-refractivity contribution < 1.29 is 9.26 Å². The van der Waals surface area contributed by atoms with Crippen LogP contribution in [0.15, 0.2) is 41.2 Å². The summed E-state index contributed by atoms with van der Waals surface area (Å²) in [6.07, 6.45) is 3.32. The van der Waals surface area contributed by atoms with Gasteiger partial charge in [-0.25, -0.2) is 0 Å². The van der Waals surface area contributed by atoms with E-state index < -0.39 is 0 Å². The van der Waals surface area contributed by atoms with Gasteiger partial charge in [0.1, 0.15) is 12.0 Å². The van der Waals surface area contributed by atoms with Gasteiger partial charge in [-0.2, -0.15) is 0 Å². The zero-order valence-electron chi connectivity index (χ0n) is 10.4. The van der Waals surface area contributed by atoms with Crippen molar-refractivity contribution in [1.82, 2.24) is 5.16 Å². The Hall–Kier alpha value is -1.77. The van der Waals surface area contributed by atoms with E-state index in [0.29, 0.717) is 6.61 Å². The number of hydrogen-bond acceptors (Lipinski definition) is 3. The molecule has 0 aliphatic carbocycles. The highest BCUT2D eigenvalue weighted by Gasteiger charge is 2.13. The highest BCUT2D eigenvalue weighted by atomic mass is 16.5. The quantitative estimate of drug-likeness (QED) is 0.806. The van der Waals surface area contributed by atoms with Gasteiger partial charge >= 0.3 is 0 Å². The molecule has 17 heavy (non-hydrogen) atoms. The van der Waals surface area contributed by atoms with E-state index in [2.05, 4.69) is 25.9 Å². The Labute approximate surface area is 101 Å². The summed E-state index contributed by atoms with van der Waals surface area (Å²) in [6, 6.07) is 7.92. The van der Waals surface area contributed by atoms with E-state index in [9.17, 15) is 0 Å². The fourth-order valence-electron chi connectivity index (χ4n) is 1.46. The topological polar surface area (TPSA) is 35.3 Å². The molecule has 0 N–H and O–H groups in total. The van der Waals surface area contributed by atoms with Gasteiger partial charge in [0.2, 0.25) is 0 Å². The maximum Gasteiger partial charge on any atom is 0.131 e. The molecule has 0 aliphatic heterocycles. The largest absolute Gasteiger partial charge is 0.492 e. The van der Waals surface area contributed by atoms with Gasteiger partial charge < -0.3 is 9.26 Å². The molecule has 0 atom stereocenters. The Balaban J connectivity index is 2.23. The number of para-hydroxylation sites is 1. The van der Waals surface area contributed by atoms with E-state index in [-0.39, 0.29) is 5.41 Å². The standard InChI is InChI=1S/C14H17NO2/c1-14(2,3)10-16-13-7-5-4-6-12(13)11-8-15-17-9-11/h4-9H,10H2,1-3H3. The zero-order chi connectivity index (χ0) is 12.3. The molecule has 2 rings (SSSR count). The summed E-state index contributed by atoms with van der Waals surface area (Å²) in [5.41, 5.74) is 2.09. The lowest BCUT2D eigenvalue weighted by Crippen LogP contribution is -2.17. The smallest absolute Gasteiger partial charge is 0.131 e. The highest BCUT2D eigenvalue weighted by molar-refractivity contribution is 5.68. The van der Waals surface area contributed by atoms with Gasteiger partial charge in [0.15, 0.2) is 0 Å². The molecule has 90 valence electrons. The normalized spacial score (nSPS) is 11.5. The Morgan fingerprint density at radius 3 is 2.65 bits per heavy atom. The molecule has 0 amide bonds. The van der Waals surface area contributed by atoms with E-state index in [1.54, 1.807) is 12.5 Å². The third kappa shape index (κ3) is 3.09. The van der Waals surface area contributed by atoms with E-state index in [1.165, 1.54) is 0 Å². The van der Waals surface area contributed by atoms with Crippen LogP contribution in [0, 0.1) is 5.41 Å². The second kappa shape index (κ2) is 4.62. The molecule has 2 aromatic rings. The van der Waals surface area contributed by atoms with Gasteiger partial charge in [-0.15, -0.1) is 0 Å². The number of ether oxygens (including phenoxy) is 1. The van der Waals surface area contributed by atoms with Crippen molar-refractivity contribution in [2.45, 2.75) is 20.8 Å². The molecule has 0 unspecified atom stereocenters. The van der Waals surface area contributed by atoms with Crippen LogP contribution < -0.4 is 4.74 Å². The van der Waals surface area contributed by atoms with Crippen LogP contribution in [0.1, 0.15) is 20.8 Å². The number of nitrogens with zero attached hydrogens (tertiary/aromatic N) is 1. The molecule has 0 saturated heterocycles. The van der Waals surface area contributed by atoms with Crippen LogP contribution in [-0.4, -0.2) is 11.8 Å². The first-order chi connectivity index (χ1) is 8.06. The van der Waals surface area contributed by atoms with Crippen LogP contribution >= 0.6 is 0 Å². The fraction of sp³-hybridized carbons (Fsp3) is 0.357. The monoisotopic (exact) mass is 231 g/mol. The molecule has 0 saturated carbocycles. The van der Waals surface area contributed by atoms with E-state index in [4.69, 9.17) is 9.26 Å². The third-order valence-electron chi connectivity index (χ3n) is 2.29. The van der Waals surface area contributed by atoms with Crippen molar-refractivity contribution in [1.29, 1.82) is 0 Å². The number of aromatic nitrogens is 1. The zero-order valence-corrected chi connectivity index (χ0v) is 10.4. The summed E-state index contributed by atoms with van der Waals surface area (Å²) >= 11 is 0. The summed E-state index contributed by atoms with van der Waals surface area (Å²) in [5.74, 6) is 0.866. The lowest BCUT2D eigenvalue weighted by molar-refractivity contribution is 0.198. The maximum atomic E-state index is 5.86. The molecule has 0 spiro atoms. The Morgan fingerprint density at radius 2 is 2.00 bits per heavy atom. The number of benzene rings is 1. The lowest BCUT2D eigenvalue weighted by Gasteiger charge is -2.20. The van der Waals surface area contributed by atoms with Crippen molar-refractivity contribution in [2.24, 2.45) is 5.41 Å². The molecular weight excluding hydrogens is 214 g/mol. The predicted molar refractivity (Wildman–Crippen MR) is 66.9 cm³/mol. The van der Waals surface area contributed by atoms with Gasteiger partial charge in [0, 0.05) is 11.1 Å². The molecule has 1 aromatic heterocycles. The molecule has 0 fully saturated rings. The predicted octanol–water partition coefficient (Wildman–Crippen LogP) is 3.77. The summed E-state index contributed by atoms with van der Waals surface area (Å²) in [5, 5.41) is 3.72. The Bertz CT molecular complexity index is 469. The molecule has 0 radical (unpaired) electrons. The van der Waals surface area contributed by atoms with Crippen LogP contribution in [-0.2, 0) is 0 Å². The minimum Gasteiger partial charge on any atom is -0.492 e. The minimum atomic E-state index is 0.141. The third-order valence-corrected chi connectivity index (χ3v) is 2.29. The number of rotatable bonds is 3. The second-order valence-electron chi connectivity index (χ2n) is 5.26. The first-order valence-electron chi connectivity index (χ1n) is 5.68. The van der Waals surface area contributed by atoms with Crippen LogP contribution in [0.4, 0.5) is 0 Å². The number of hydrogen-bond donors (Lipinski definition) is 0. The van der Waals surface area contributed by atoms with Crippen molar-refractivity contribution in [2.75, 3.05) is 6.61 Å². The van der Waals surface area contributed by atoms with E-state index in [1.807, 2.05) is 24.3 Å². The van der Waals surface area contributed by atoms with Crippen molar-refractivity contribution >= 4 is 0 Å². The lowest BCUT2D eigenvalue weighted by atomic mass is 9.98. The van der Waals surface area contributed by atoms with Gasteiger partial charge in [-0.3, -0.25) is 0 Å². The highest BCUT2D eigenvalue weighted by Crippen LogP contribution is 2.30. The van der Waals surface area contributed by atoms with Gasteiger partial charge in [0.25, 0.3) is 0 Å². The summed E-state index contributed by atoms with van der Waals surface area (Å²) in [7, 11) is 0. The molecule has 1 heterocycles. The van der Waals surface area contributed by atoms with Gasteiger partial charge in [-0.05, 0) is 11.5 Å². The summed E-state index contributed by atoms with van der Waals surface area (Å²) in [4.78, 5) is 0. The molecular formula is C14H17NO2. The molecule has 3 heteroatoms. The van der Waals surface area contributed by atoms with Crippen LogP contribution in [0.5, 0.6) is 5.75 Å². The Kier molecular flexibility index (Phi) is 3.18. The summed E-state index contributed by atoms with van der Waals surface area (Å²) in [6.45, 7) is 7.12. The van der Waals surface area contributed by atoms with Crippen LogP contribution in [0.2, 0.25) is 0 Å². The summed E-state index contributed by atoms with van der Waals surface area (Å²) < 4.78 is 10.7. The average Bonchev–Trinajstić information content (AvgIpc) is 2.79. The Morgan fingerprint density at radius 1 is 1.24 bits per heavy atom. The minimum absolute atomic E-state index is 0.141. The SMILES string of the molecule is CC(C)(C)COc1ccccc1-c1cnoc1. The van der Waals surface area contributed by atoms with Gasteiger partial charge in [-0.1, -0.05) is 44.1 Å². The first kappa shape index (κ1) is 11.7. The molecule has 1 aromatic carbocycles. The fourth-order valence-corrected chi connectivity index (χ4v) is 1.46. The van der Waals surface area contributed by atoms with E-state index in [0.717, 1.165) is 16.9 Å². The van der Waals surface area contributed by atoms with Crippen LogP contribution in [0.25, 0.3) is 11.1 Å². The van der Waals surface area contributed by atoms with Crippen molar-refractivity contribution in [3.8, 4) is 16.9 Å². The first-order valence-corrected chi connectivity index (χ1v) is 5.68. The van der Waals surface area contributed by atoms with Gasteiger partial charge in [0.05, 0.1) is 12.8 Å².